The second-order valence-electron chi connectivity index (χ2n) is 4.79. The Hall–Kier alpha value is -1.79. The molecule has 0 spiro atoms. The molecule has 1 aliphatic heterocycles. The van der Waals surface area contributed by atoms with Gasteiger partial charge in [-0.2, -0.15) is 0 Å². The zero-order valence-corrected chi connectivity index (χ0v) is 11.9. The highest BCUT2D eigenvalue weighted by molar-refractivity contribution is 5.83. The molecular formula is C13H22N2O5. The number of carboxylic acids is 1. The van der Waals surface area contributed by atoms with Crippen LogP contribution in [0.3, 0.4) is 0 Å². The fraction of sp³-hybridized carbons (Fsp3) is 0.769. The first-order chi connectivity index (χ1) is 9.49. The van der Waals surface area contributed by atoms with Crippen molar-refractivity contribution >= 4 is 18.0 Å². The average Bonchev–Trinajstić information content (AvgIpc) is 2.44. The number of nitrogens with one attached hydrogen (secondary N) is 1. The predicted molar refractivity (Wildman–Crippen MR) is 71.2 cm³/mol. The molecule has 1 heterocycles. The highest BCUT2D eigenvalue weighted by atomic mass is 16.5. The van der Waals surface area contributed by atoms with Crippen molar-refractivity contribution in [2.45, 2.75) is 39.2 Å². The number of likely N-dealkylation sites (tertiary alicyclic amines) is 1. The number of esters is 1. The van der Waals surface area contributed by atoms with Gasteiger partial charge in [0.1, 0.15) is 6.04 Å². The minimum Gasteiger partial charge on any atom is -0.480 e. The van der Waals surface area contributed by atoms with E-state index < -0.39 is 18.0 Å². The van der Waals surface area contributed by atoms with Gasteiger partial charge in [0.05, 0.1) is 12.5 Å². The lowest BCUT2D eigenvalue weighted by Crippen LogP contribution is -2.51. The Balaban J connectivity index is 2.55. The van der Waals surface area contributed by atoms with Gasteiger partial charge in [0.2, 0.25) is 0 Å². The lowest BCUT2D eigenvalue weighted by Gasteiger charge is -2.32. The highest BCUT2D eigenvalue weighted by Gasteiger charge is 2.30. The van der Waals surface area contributed by atoms with Gasteiger partial charge in [-0.3, -0.25) is 4.79 Å². The number of piperidine rings is 1. The molecule has 0 aromatic carbocycles. The van der Waals surface area contributed by atoms with E-state index in [1.165, 1.54) is 4.90 Å². The van der Waals surface area contributed by atoms with Crippen molar-refractivity contribution in [1.82, 2.24) is 10.2 Å². The van der Waals surface area contributed by atoms with E-state index in [-0.39, 0.29) is 18.4 Å². The SMILES string of the molecule is CCOC(=O)C1CCCN(C(=O)N[C@@H](CC)C(=O)O)C1. The number of carbonyl (C=O) groups excluding carboxylic acids is 2. The second-order valence-corrected chi connectivity index (χ2v) is 4.79. The van der Waals surface area contributed by atoms with Crippen LogP contribution in [0.25, 0.3) is 0 Å². The molecule has 0 bridgehead atoms. The van der Waals surface area contributed by atoms with E-state index in [9.17, 15) is 14.4 Å². The summed E-state index contributed by atoms with van der Waals surface area (Å²) < 4.78 is 4.96. The number of ether oxygens (including phenoxy) is 1. The number of carbonyl (C=O) groups is 3. The molecule has 0 radical (unpaired) electrons. The smallest absolute Gasteiger partial charge is 0.326 e. The van der Waals surface area contributed by atoms with Crippen molar-refractivity contribution in [2.24, 2.45) is 5.92 Å². The van der Waals surface area contributed by atoms with Gasteiger partial charge in [-0.15, -0.1) is 0 Å². The zero-order valence-electron chi connectivity index (χ0n) is 11.9. The molecule has 0 aromatic heterocycles. The van der Waals surface area contributed by atoms with Crippen LogP contribution in [0.15, 0.2) is 0 Å². The number of hydrogen-bond acceptors (Lipinski definition) is 4. The Morgan fingerprint density at radius 1 is 1.40 bits per heavy atom. The quantitative estimate of drug-likeness (QED) is 0.730. The maximum atomic E-state index is 12.0. The van der Waals surface area contributed by atoms with Gasteiger partial charge in [-0.1, -0.05) is 6.92 Å². The van der Waals surface area contributed by atoms with E-state index in [1.807, 2.05) is 0 Å². The highest BCUT2D eigenvalue weighted by Crippen LogP contribution is 2.18. The van der Waals surface area contributed by atoms with Crippen LogP contribution in [0, 0.1) is 5.92 Å². The lowest BCUT2D eigenvalue weighted by atomic mass is 9.98. The van der Waals surface area contributed by atoms with Crippen LogP contribution in [-0.2, 0) is 14.3 Å². The Morgan fingerprint density at radius 3 is 2.65 bits per heavy atom. The summed E-state index contributed by atoms with van der Waals surface area (Å²) in [6, 6.07) is -1.33. The molecule has 1 unspecified atom stereocenters. The third-order valence-corrected chi connectivity index (χ3v) is 3.33. The molecule has 0 aliphatic carbocycles. The molecule has 7 heteroatoms. The zero-order chi connectivity index (χ0) is 15.1. The summed E-state index contributed by atoms with van der Waals surface area (Å²) in [6.07, 6.45) is 1.72. The first-order valence-corrected chi connectivity index (χ1v) is 6.94. The van der Waals surface area contributed by atoms with Crippen molar-refractivity contribution in [3.63, 3.8) is 0 Å². The van der Waals surface area contributed by atoms with Crippen LogP contribution in [-0.4, -0.2) is 53.7 Å². The van der Waals surface area contributed by atoms with E-state index in [0.717, 1.165) is 0 Å². The molecular weight excluding hydrogens is 264 g/mol. The van der Waals surface area contributed by atoms with E-state index in [0.29, 0.717) is 32.4 Å². The molecule has 1 saturated heterocycles. The maximum Gasteiger partial charge on any atom is 0.326 e. The van der Waals surface area contributed by atoms with Gasteiger partial charge in [-0.25, -0.2) is 9.59 Å². The monoisotopic (exact) mass is 286 g/mol. The minimum atomic E-state index is -1.06. The van der Waals surface area contributed by atoms with Crippen molar-refractivity contribution < 1.29 is 24.2 Å². The largest absolute Gasteiger partial charge is 0.480 e. The van der Waals surface area contributed by atoms with Crippen LogP contribution < -0.4 is 5.32 Å². The molecule has 114 valence electrons. The minimum absolute atomic E-state index is 0.278. The molecule has 1 aliphatic rings. The topological polar surface area (TPSA) is 95.9 Å². The molecule has 0 aromatic rings. The first-order valence-electron chi connectivity index (χ1n) is 6.94. The Bertz CT molecular complexity index is 372. The Morgan fingerprint density at radius 2 is 2.10 bits per heavy atom. The second kappa shape index (κ2) is 7.72. The van der Waals surface area contributed by atoms with Gasteiger partial charge in [0.15, 0.2) is 0 Å². The lowest BCUT2D eigenvalue weighted by molar-refractivity contribution is -0.149. The number of urea groups is 1. The number of hydrogen-bond donors (Lipinski definition) is 2. The Kier molecular flexibility index (Phi) is 6.27. The van der Waals surface area contributed by atoms with Crippen LogP contribution in [0.5, 0.6) is 0 Å². The fourth-order valence-corrected chi connectivity index (χ4v) is 2.19. The maximum absolute atomic E-state index is 12.0. The summed E-state index contributed by atoms with van der Waals surface area (Å²) >= 11 is 0. The van der Waals surface area contributed by atoms with Crippen molar-refractivity contribution in [2.75, 3.05) is 19.7 Å². The van der Waals surface area contributed by atoms with E-state index in [4.69, 9.17) is 9.84 Å². The third-order valence-electron chi connectivity index (χ3n) is 3.33. The third kappa shape index (κ3) is 4.40. The average molecular weight is 286 g/mol. The number of rotatable bonds is 5. The van der Waals surface area contributed by atoms with E-state index in [1.54, 1.807) is 13.8 Å². The van der Waals surface area contributed by atoms with Gasteiger partial charge in [0, 0.05) is 13.1 Å². The molecule has 0 saturated carbocycles. The van der Waals surface area contributed by atoms with Gasteiger partial charge in [0.25, 0.3) is 0 Å². The molecule has 2 atom stereocenters. The van der Waals surface area contributed by atoms with Crippen LogP contribution >= 0.6 is 0 Å². The number of carboxylic acid groups (broad SMARTS) is 1. The summed E-state index contributed by atoms with van der Waals surface area (Å²) in [7, 11) is 0. The van der Waals surface area contributed by atoms with Crippen LogP contribution in [0.4, 0.5) is 4.79 Å². The van der Waals surface area contributed by atoms with Crippen molar-refractivity contribution in [3.05, 3.63) is 0 Å². The standard InChI is InChI=1S/C13H22N2O5/c1-3-10(11(16)17)14-13(19)15-7-5-6-9(8-15)12(18)20-4-2/h9-10H,3-8H2,1-2H3,(H,14,19)(H,16,17)/t9?,10-/m0/s1. The normalized spacial score (nSPS) is 20.1. The van der Waals surface area contributed by atoms with E-state index in [2.05, 4.69) is 5.32 Å². The molecule has 2 N–H and O–H groups in total. The molecule has 1 rings (SSSR count). The summed E-state index contributed by atoms with van der Waals surface area (Å²) in [5.74, 6) is -1.67. The molecule has 2 amide bonds. The van der Waals surface area contributed by atoms with Crippen molar-refractivity contribution in [1.29, 1.82) is 0 Å². The van der Waals surface area contributed by atoms with E-state index >= 15 is 0 Å². The summed E-state index contributed by atoms with van der Waals surface area (Å²) in [5, 5.41) is 11.4. The van der Waals surface area contributed by atoms with Gasteiger partial charge >= 0.3 is 18.0 Å². The van der Waals surface area contributed by atoms with Crippen LogP contribution in [0.2, 0.25) is 0 Å². The molecule has 1 fully saturated rings. The molecule has 7 nitrogen and oxygen atoms in total. The fourth-order valence-electron chi connectivity index (χ4n) is 2.19. The van der Waals surface area contributed by atoms with Crippen LogP contribution in [0.1, 0.15) is 33.1 Å². The summed E-state index contributed by atoms with van der Waals surface area (Å²) in [6.45, 7) is 4.55. The number of amides is 2. The summed E-state index contributed by atoms with van der Waals surface area (Å²) in [4.78, 5) is 36.1. The summed E-state index contributed by atoms with van der Waals surface area (Å²) in [5.41, 5.74) is 0. The Labute approximate surface area is 118 Å². The van der Waals surface area contributed by atoms with Gasteiger partial charge < -0.3 is 20.1 Å². The molecule has 20 heavy (non-hydrogen) atoms. The first kappa shape index (κ1) is 16.3. The number of aliphatic carboxylic acids is 1. The van der Waals surface area contributed by atoms with Crippen molar-refractivity contribution in [3.8, 4) is 0 Å². The predicted octanol–water partition coefficient (Wildman–Crippen LogP) is 0.834. The number of nitrogens with zero attached hydrogens (tertiary/aromatic N) is 1. The van der Waals surface area contributed by atoms with Gasteiger partial charge in [-0.05, 0) is 26.2 Å².